The highest BCUT2D eigenvalue weighted by Gasteiger charge is 2.12. The van der Waals surface area contributed by atoms with Gasteiger partial charge in [0.15, 0.2) is 0 Å². The standard InChI is InChI=1S/C28H26F2N4O4.C7H6FNO/c29-20-12-11-19(22(30)15-20)17-38-24-8-4-6-18-14-21(32-27(18)24)16-34-13-5-7-23(28(34)37)33-26(36)10-3-1-2-9-25(31)35;8-6-4-2-1-3-5(6)7(9)10/h2,4-9,11-15,32H,1,3,10,16-17H2,(H2,31,35)(H,33,36);1-4H,(H2,9,10)/b9-2+;. The van der Waals surface area contributed by atoms with Gasteiger partial charge in [0.25, 0.3) is 11.5 Å². The van der Waals surface area contributed by atoms with E-state index in [-0.39, 0.29) is 47.9 Å². The lowest BCUT2D eigenvalue weighted by atomic mass is 10.2. The lowest BCUT2D eigenvalue weighted by Crippen LogP contribution is -2.25. The molecule has 0 radical (unpaired) electrons. The number of primary amides is 2. The van der Waals surface area contributed by atoms with Crippen molar-refractivity contribution in [2.24, 2.45) is 11.5 Å². The summed E-state index contributed by atoms with van der Waals surface area (Å²) in [6.45, 7) is 0.128. The number of halogens is 3. The third-order valence-corrected chi connectivity index (χ3v) is 6.90. The zero-order valence-electron chi connectivity index (χ0n) is 25.6. The quantitative estimate of drug-likeness (QED) is 0.105. The molecule has 5 rings (SSSR count). The molecule has 0 atom stereocenters. The first-order valence-corrected chi connectivity index (χ1v) is 14.7. The summed E-state index contributed by atoms with van der Waals surface area (Å²) in [5.74, 6) is -3.02. The number of aromatic nitrogens is 2. The Kier molecular flexibility index (Phi) is 11.9. The third-order valence-electron chi connectivity index (χ3n) is 6.90. The van der Waals surface area contributed by atoms with Crippen LogP contribution in [-0.2, 0) is 22.7 Å². The van der Waals surface area contributed by atoms with Crippen molar-refractivity contribution in [3.05, 3.63) is 142 Å². The Hall–Kier alpha value is -6.11. The molecule has 48 heavy (non-hydrogen) atoms. The first kappa shape index (κ1) is 34.8. The van der Waals surface area contributed by atoms with Crippen LogP contribution in [0.3, 0.4) is 0 Å². The minimum atomic E-state index is -0.738. The molecule has 0 unspecified atom stereocenters. The molecule has 13 heteroatoms. The number of benzene rings is 3. The second-order valence-corrected chi connectivity index (χ2v) is 10.5. The van der Waals surface area contributed by atoms with Gasteiger partial charge < -0.3 is 31.1 Å². The predicted octanol–water partition coefficient (Wildman–Crippen LogP) is 5.31. The number of carbonyl (C=O) groups excluding carboxylic acids is 3. The number of nitrogens with two attached hydrogens (primary N) is 2. The summed E-state index contributed by atoms with van der Waals surface area (Å²) in [6.07, 6.45) is 5.67. The first-order valence-electron chi connectivity index (χ1n) is 14.7. The van der Waals surface area contributed by atoms with Crippen molar-refractivity contribution in [1.82, 2.24) is 9.55 Å². The molecular formula is C35H32F3N5O5. The second-order valence-electron chi connectivity index (χ2n) is 10.5. The Morgan fingerprint density at radius 3 is 2.42 bits per heavy atom. The number of H-pyrrole nitrogens is 1. The van der Waals surface area contributed by atoms with Crippen LogP contribution in [0.2, 0.25) is 0 Å². The van der Waals surface area contributed by atoms with Gasteiger partial charge in [-0.25, -0.2) is 13.2 Å². The summed E-state index contributed by atoms with van der Waals surface area (Å²) in [5, 5.41) is 3.47. The smallest absolute Gasteiger partial charge is 0.274 e. The van der Waals surface area contributed by atoms with Crippen molar-refractivity contribution in [2.75, 3.05) is 5.32 Å². The molecule has 6 N–H and O–H groups in total. The van der Waals surface area contributed by atoms with E-state index in [1.54, 1.807) is 36.5 Å². The van der Waals surface area contributed by atoms with Crippen molar-refractivity contribution in [1.29, 1.82) is 0 Å². The van der Waals surface area contributed by atoms with Crippen molar-refractivity contribution in [3.8, 4) is 5.75 Å². The molecule has 0 saturated carbocycles. The number of amides is 3. The van der Waals surface area contributed by atoms with Crippen molar-refractivity contribution >= 4 is 34.3 Å². The number of para-hydroxylation sites is 1. The van der Waals surface area contributed by atoms with Crippen LogP contribution in [0, 0.1) is 17.5 Å². The van der Waals surface area contributed by atoms with Crippen LogP contribution in [0.1, 0.15) is 40.9 Å². The molecule has 2 heterocycles. The molecule has 0 fully saturated rings. The van der Waals surface area contributed by atoms with Gasteiger partial charge in [0.1, 0.15) is 35.5 Å². The Morgan fingerprint density at radius 2 is 1.71 bits per heavy atom. The van der Waals surface area contributed by atoms with Gasteiger partial charge in [-0.3, -0.25) is 19.2 Å². The van der Waals surface area contributed by atoms with Crippen LogP contribution in [-0.4, -0.2) is 27.3 Å². The molecule has 0 aliphatic heterocycles. The van der Waals surface area contributed by atoms with Gasteiger partial charge in [-0.05, 0) is 67.4 Å². The number of allylic oxidation sites excluding steroid dienone is 1. The van der Waals surface area contributed by atoms with Crippen LogP contribution in [0.5, 0.6) is 5.75 Å². The van der Waals surface area contributed by atoms with Crippen molar-refractivity contribution in [3.63, 3.8) is 0 Å². The van der Waals surface area contributed by atoms with E-state index in [0.717, 1.165) is 17.1 Å². The monoisotopic (exact) mass is 659 g/mol. The molecule has 3 amide bonds. The molecule has 0 bridgehead atoms. The molecule has 10 nitrogen and oxygen atoms in total. The number of pyridine rings is 1. The minimum absolute atomic E-state index is 0.0671. The maximum Gasteiger partial charge on any atom is 0.274 e. The highest BCUT2D eigenvalue weighted by atomic mass is 19.1. The third kappa shape index (κ3) is 9.69. The topological polar surface area (TPSA) is 162 Å². The van der Waals surface area contributed by atoms with Crippen molar-refractivity contribution < 1.29 is 32.3 Å². The fourth-order valence-corrected chi connectivity index (χ4v) is 4.58. The van der Waals surface area contributed by atoms with E-state index in [4.69, 9.17) is 16.2 Å². The number of anilines is 1. The summed E-state index contributed by atoms with van der Waals surface area (Å²) in [5.41, 5.74) is 11.2. The molecule has 0 aliphatic rings. The minimum Gasteiger partial charge on any atom is -0.487 e. The zero-order valence-corrected chi connectivity index (χ0v) is 25.6. The zero-order chi connectivity index (χ0) is 34.6. The summed E-state index contributed by atoms with van der Waals surface area (Å²) in [6, 6.07) is 19.4. The van der Waals surface area contributed by atoms with E-state index < -0.39 is 29.3 Å². The Morgan fingerprint density at radius 1 is 0.917 bits per heavy atom. The largest absolute Gasteiger partial charge is 0.487 e. The molecule has 0 aliphatic carbocycles. The van der Waals surface area contributed by atoms with Gasteiger partial charge in [-0.2, -0.15) is 0 Å². The number of aromatic amines is 1. The molecule has 2 aromatic heterocycles. The van der Waals surface area contributed by atoms with Crippen LogP contribution in [0.15, 0.2) is 102 Å². The lowest BCUT2D eigenvalue weighted by Gasteiger charge is -2.09. The lowest BCUT2D eigenvalue weighted by molar-refractivity contribution is -0.116. The number of hydrogen-bond acceptors (Lipinski definition) is 5. The molecule has 0 spiro atoms. The fourth-order valence-electron chi connectivity index (χ4n) is 4.58. The van der Waals surface area contributed by atoms with Gasteiger partial charge in [-0.1, -0.05) is 30.3 Å². The van der Waals surface area contributed by atoms with Crippen LogP contribution < -0.4 is 27.1 Å². The highest BCUT2D eigenvalue weighted by Crippen LogP contribution is 2.27. The number of unbranched alkanes of at least 4 members (excludes halogenated alkanes) is 1. The summed E-state index contributed by atoms with van der Waals surface area (Å²) in [4.78, 5) is 49.5. The molecule has 3 aromatic carbocycles. The van der Waals surface area contributed by atoms with Crippen LogP contribution >= 0.6 is 0 Å². The number of carbonyl (C=O) groups is 3. The van der Waals surface area contributed by atoms with Gasteiger partial charge in [-0.15, -0.1) is 0 Å². The number of rotatable bonds is 12. The molecule has 0 saturated heterocycles. The van der Waals surface area contributed by atoms with E-state index >= 15 is 0 Å². The summed E-state index contributed by atoms with van der Waals surface area (Å²) < 4.78 is 46.9. The molecule has 248 valence electrons. The Balaban J connectivity index is 0.000000445. The van der Waals surface area contributed by atoms with Gasteiger partial charge in [0.2, 0.25) is 11.8 Å². The average molecular weight is 660 g/mol. The first-order chi connectivity index (χ1) is 23.0. The van der Waals surface area contributed by atoms with E-state index in [9.17, 15) is 32.3 Å². The fraction of sp³-hybridized carbons (Fsp3) is 0.143. The number of ether oxygens (including phenoxy) is 1. The number of nitrogens with one attached hydrogen (secondary N) is 2. The van der Waals surface area contributed by atoms with Crippen molar-refractivity contribution in [2.45, 2.75) is 32.4 Å². The summed E-state index contributed by atoms with van der Waals surface area (Å²) in [7, 11) is 0. The average Bonchev–Trinajstić information content (AvgIpc) is 3.46. The van der Waals surface area contributed by atoms with E-state index in [2.05, 4.69) is 10.3 Å². The van der Waals surface area contributed by atoms with Gasteiger partial charge >= 0.3 is 0 Å². The molecular weight excluding hydrogens is 627 g/mol. The van der Waals surface area contributed by atoms with Gasteiger partial charge in [0.05, 0.1) is 17.6 Å². The van der Waals surface area contributed by atoms with E-state index in [0.29, 0.717) is 24.1 Å². The van der Waals surface area contributed by atoms with E-state index in [1.807, 2.05) is 12.1 Å². The second kappa shape index (κ2) is 16.5. The van der Waals surface area contributed by atoms with Crippen LogP contribution in [0.4, 0.5) is 18.9 Å². The van der Waals surface area contributed by atoms with Crippen LogP contribution in [0.25, 0.3) is 10.9 Å². The summed E-state index contributed by atoms with van der Waals surface area (Å²) >= 11 is 0. The predicted molar refractivity (Wildman–Crippen MR) is 175 cm³/mol. The number of nitrogens with zero attached hydrogens (tertiary/aromatic N) is 1. The highest BCUT2D eigenvalue weighted by molar-refractivity contribution is 5.93. The van der Waals surface area contributed by atoms with Gasteiger partial charge in [0, 0.05) is 35.3 Å². The Labute approximate surface area is 272 Å². The normalized spacial score (nSPS) is 10.8. The molecule has 5 aromatic rings. The Bertz CT molecular complexity index is 2020. The SMILES string of the molecule is NC(=O)/C=C/CCCC(=O)Nc1cccn(Cc2cc3cccc(OCc4ccc(F)cc4F)c3[nH]2)c1=O.NC(=O)c1ccccc1F. The maximum atomic E-state index is 14.0. The maximum absolute atomic E-state index is 14.0. The number of hydrogen-bond donors (Lipinski definition) is 4. The van der Waals surface area contributed by atoms with E-state index in [1.165, 1.54) is 47.0 Å². The number of fused-ring (bicyclic) bond motifs is 1.